The molecular weight excluding hydrogens is 387 g/mol. The van der Waals surface area contributed by atoms with Gasteiger partial charge in [-0.2, -0.15) is 0 Å². The molecule has 2 aromatic rings. The van der Waals surface area contributed by atoms with Crippen LogP contribution in [0.25, 0.3) is 11.1 Å². The summed E-state index contributed by atoms with van der Waals surface area (Å²) in [5.41, 5.74) is 0.854. The van der Waals surface area contributed by atoms with Crippen molar-refractivity contribution >= 4 is 12.4 Å². The highest BCUT2D eigenvalue weighted by Gasteiger charge is 2.59. The zero-order valence-electron chi connectivity index (χ0n) is 18.5. The second-order valence-electron chi connectivity index (χ2n) is 8.80. The molecule has 0 saturated heterocycles. The molecule has 6 heteroatoms. The number of fused-ring (bicyclic) bond motifs is 1. The van der Waals surface area contributed by atoms with E-state index in [1.165, 1.54) is 0 Å². The first-order valence-corrected chi connectivity index (χ1v) is 11.5. The molecule has 0 radical (unpaired) electrons. The minimum atomic E-state index is -3.11. The minimum absolute atomic E-state index is 0.538. The smallest absolute Gasteiger partial charge is 0.184 e. The van der Waals surface area contributed by atoms with Gasteiger partial charge in [0.05, 0.1) is 25.1 Å². The molecule has 0 amide bonds. The summed E-state index contributed by atoms with van der Waals surface area (Å²) in [5, 5.41) is 0.190. The lowest BCUT2D eigenvalue weighted by Crippen LogP contribution is -2.44. The van der Waals surface area contributed by atoms with Crippen molar-refractivity contribution in [2.45, 2.75) is 51.2 Å². The van der Waals surface area contributed by atoms with Gasteiger partial charge in [0.15, 0.2) is 13.0 Å². The molecule has 0 N–H and O–H groups in total. The first kappa shape index (κ1) is 21.7. The number of benzene rings is 2. The van der Waals surface area contributed by atoms with Crippen molar-refractivity contribution in [3.8, 4) is 28.4 Å². The van der Waals surface area contributed by atoms with Crippen LogP contribution in [0, 0.1) is 0 Å². The molecule has 0 spiro atoms. The number of ether oxygens (including phenoxy) is 4. The molecule has 5 nitrogen and oxygen atoms in total. The summed E-state index contributed by atoms with van der Waals surface area (Å²) >= 11 is 0. The van der Waals surface area contributed by atoms with Gasteiger partial charge in [0.1, 0.15) is 22.8 Å². The quantitative estimate of drug-likeness (QED) is 0.617. The van der Waals surface area contributed by atoms with Crippen LogP contribution in [0.3, 0.4) is 0 Å². The second-order valence-corrected chi connectivity index (χ2v) is 12.4. The van der Waals surface area contributed by atoms with Crippen molar-refractivity contribution in [1.29, 1.82) is 0 Å². The molecule has 0 aliphatic carbocycles. The molecule has 3 rings (SSSR count). The van der Waals surface area contributed by atoms with Crippen LogP contribution >= 0.6 is 7.14 Å². The summed E-state index contributed by atoms with van der Waals surface area (Å²) in [4.78, 5) is 0. The molecule has 29 heavy (non-hydrogen) atoms. The lowest BCUT2D eigenvalue weighted by atomic mass is 10.0. The van der Waals surface area contributed by atoms with Crippen molar-refractivity contribution < 1.29 is 23.5 Å². The van der Waals surface area contributed by atoms with Gasteiger partial charge in [0, 0.05) is 17.8 Å². The molecule has 1 aliphatic heterocycles. The van der Waals surface area contributed by atoms with E-state index >= 15 is 0 Å². The monoisotopic (exact) mass is 418 g/mol. The maximum Gasteiger partial charge on any atom is 0.184 e. The highest BCUT2D eigenvalue weighted by Crippen LogP contribution is 2.69. The van der Waals surface area contributed by atoms with E-state index < -0.39 is 23.7 Å². The van der Waals surface area contributed by atoms with Gasteiger partial charge in [0.25, 0.3) is 0 Å². The van der Waals surface area contributed by atoms with Gasteiger partial charge < -0.3 is 23.5 Å². The van der Waals surface area contributed by atoms with Crippen molar-refractivity contribution in [2.75, 3.05) is 21.3 Å². The zero-order valence-corrected chi connectivity index (χ0v) is 19.4. The Hall–Kier alpha value is -1.97. The van der Waals surface area contributed by atoms with Crippen molar-refractivity contribution in [2.24, 2.45) is 0 Å². The number of hydrogen-bond donors (Lipinski definition) is 0. The van der Waals surface area contributed by atoms with Crippen LogP contribution in [0.1, 0.15) is 34.6 Å². The largest absolute Gasteiger partial charge is 0.496 e. The summed E-state index contributed by atoms with van der Waals surface area (Å²) in [6.07, 6.45) is 0. The summed E-state index contributed by atoms with van der Waals surface area (Å²) in [6.45, 7) is 9.85. The van der Waals surface area contributed by atoms with Gasteiger partial charge in [-0.1, -0.05) is 39.0 Å². The van der Waals surface area contributed by atoms with Gasteiger partial charge in [-0.05, 0) is 32.0 Å². The van der Waals surface area contributed by atoms with Gasteiger partial charge in [-0.15, -0.1) is 0 Å². The highest BCUT2D eigenvalue weighted by atomic mass is 31.2. The summed E-state index contributed by atoms with van der Waals surface area (Å²) in [5.74, 6) is 1.35. The molecule has 2 aromatic carbocycles. The van der Waals surface area contributed by atoms with Gasteiger partial charge in [-0.25, -0.2) is 0 Å². The fraction of sp³-hybridized carbons (Fsp3) is 0.478. The van der Waals surface area contributed by atoms with E-state index in [2.05, 4.69) is 0 Å². The Morgan fingerprint density at radius 2 is 1.45 bits per heavy atom. The van der Waals surface area contributed by atoms with Gasteiger partial charge >= 0.3 is 0 Å². The first-order chi connectivity index (χ1) is 13.5. The fourth-order valence-corrected chi connectivity index (χ4v) is 7.81. The molecule has 0 unspecified atom stereocenters. The Labute approximate surface area is 173 Å². The van der Waals surface area contributed by atoms with E-state index in [0.29, 0.717) is 17.2 Å². The molecule has 0 fully saturated rings. The molecule has 1 heterocycles. The highest BCUT2D eigenvalue weighted by molar-refractivity contribution is 7.74. The van der Waals surface area contributed by atoms with Crippen molar-refractivity contribution in [3.63, 3.8) is 0 Å². The summed E-state index contributed by atoms with van der Waals surface area (Å²) in [6, 6.07) is 11.4. The first-order valence-electron chi connectivity index (χ1n) is 9.69. The van der Waals surface area contributed by atoms with Crippen LogP contribution in [-0.4, -0.2) is 37.9 Å². The lowest BCUT2D eigenvalue weighted by molar-refractivity contribution is -0.0315. The molecule has 0 saturated carbocycles. The maximum absolute atomic E-state index is 14.9. The Morgan fingerprint density at radius 3 is 1.93 bits per heavy atom. The van der Waals surface area contributed by atoms with Crippen LogP contribution in [0.4, 0.5) is 0 Å². The SMILES string of the molecule is COc1cccc(OC)c1-c1cccc2c1[P@](=O)(C(C)(C)C)[C@@H](C(C)(C)OC)O2. The lowest BCUT2D eigenvalue weighted by Gasteiger charge is -2.39. The third-order valence-corrected chi connectivity index (χ3v) is 10.2. The van der Waals surface area contributed by atoms with Gasteiger partial charge in [-0.3, -0.25) is 0 Å². The Morgan fingerprint density at radius 1 is 0.897 bits per heavy atom. The van der Waals surface area contributed by atoms with Crippen molar-refractivity contribution in [3.05, 3.63) is 36.4 Å². The van der Waals surface area contributed by atoms with E-state index in [4.69, 9.17) is 18.9 Å². The normalized spacial score (nSPS) is 21.4. The van der Waals surface area contributed by atoms with Crippen LogP contribution in [0.5, 0.6) is 17.2 Å². The van der Waals surface area contributed by atoms with Crippen molar-refractivity contribution in [1.82, 2.24) is 0 Å². The predicted molar refractivity (Wildman–Crippen MR) is 117 cm³/mol. The van der Waals surface area contributed by atoms with E-state index in [-0.39, 0.29) is 0 Å². The van der Waals surface area contributed by atoms with Crippen LogP contribution in [0.15, 0.2) is 36.4 Å². The topological polar surface area (TPSA) is 54.0 Å². The predicted octanol–water partition coefficient (Wildman–Crippen LogP) is 5.30. The molecular formula is C23H31O5P. The average Bonchev–Trinajstić information content (AvgIpc) is 3.02. The Balaban J connectivity index is 2.39. The molecule has 0 bridgehead atoms. The third kappa shape index (κ3) is 3.25. The summed E-state index contributed by atoms with van der Waals surface area (Å²) < 4.78 is 38.2. The van der Waals surface area contributed by atoms with E-state index in [9.17, 15) is 4.57 Å². The number of hydrogen-bond acceptors (Lipinski definition) is 5. The Bertz CT molecular complexity index is 936. The van der Waals surface area contributed by atoms with Crippen LogP contribution in [0.2, 0.25) is 0 Å². The number of rotatable bonds is 5. The second kappa shape index (κ2) is 7.37. The standard InChI is InChI=1S/C23H31O5P/c1-22(2,3)29(24)20-15(19-16(25-6)12-10-13-17(19)26-7)11-9-14-18(20)28-21(29)23(4,5)27-8/h9-14,21H,1-8H3/t21-,29+/m0/s1. The van der Waals surface area contributed by atoms with Gasteiger partial charge in [0.2, 0.25) is 0 Å². The van der Waals surface area contributed by atoms with E-state index in [0.717, 1.165) is 16.4 Å². The van der Waals surface area contributed by atoms with E-state index in [1.807, 2.05) is 71.0 Å². The van der Waals surface area contributed by atoms with Crippen LogP contribution in [-0.2, 0) is 9.30 Å². The Kier molecular flexibility index (Phi) is 5.53. The molecule has 2 atom stereocenters. The average molecular weight is 418 g/mol. The summed E-state index contributed by atoms with van der Waals surface area (Å²) in [7, 11) is 1.76. The third-order valence-electron chi connectivity index (χ3n) is 5.71. The van der Waals surface area contributed by atoms with E-state index in [1.54, 1.807) is 21.3 Å². The molecule has 0 aromatic heterocycles. The molecule has 158 valence electrons. The fourth-order valence-electron chi connectivity index (χ4n) is 3.96. The molecule has 1 aliphatic rings. The van der Waals surface area contributed by atoms with Crippen LogP contribution < -0.4 is 19.5 Å². The number of methoxy groups -OCH3 is 3. The zero-order chi connectivity index (χ0) is 21.6. The maximum atomic E-state index is 14.9. The minimum Gasteiger partial charge on any atom is -0.496 e.